The lowest BCUT2D eigenvalue weighted by Gasteiger charge is -2.42. The van der Waals surface area contributed by atoms with Crippen LogP contribution in [-0.2, 0) is 11.3 Å². The van der Waals surface area contributed by atoms with E-state index >= 15 is 8.78 Å². The van der Waals surface area contributed by atoms with E-state index in [9.17, 15) is 13.2 Å². The number of halogens is 5. The fraction of sp³-hybridized carbons (Fsp3) is 0.458. The lowest BCUT2D eigenvalue weighted by molar-refractivity contribution is -0.0794. The summed E-state index contributed by atoms with van der Waals surface area (Å²) in [5, 5.41) is 7.22. The Bertz CT molecular complexity index is 1540. The number of methoxy groups -OCH3 is 1. The molecule has 0 radical (unpaired) electrons. The van der Waals surface area contributed by atoms with Crippen molar-refractivity contribution in [1.29, 1.82) is 0 Å². The summed E-state index contributed by atoms with van der Waals surface area (Å²) in [5.41, 5.74) is -0.00767. The number of hydrogen-bond donors (Lipinski definition) is 1. The number of fused-ring (bicyclic) bond motifs is 2. The molecule has 5 heterocycles. The summed E-state index contributed by atoms with van der Waals surface area (Å²) >= 11 is 0. The molecule has 2 aliphatic heterocycles. The minimum Gasteiger partial charge on any atom is -0.479 e. The molecule has 0 saturated carbocycles. The van der Waals surface area contributed by atoms with Crippen molar-refractivity contribution in [1.82, 2.24) is 29.0 Å². The maximum atomic E-state index is 15.3. The topological polar surface area (TPSA) is 81.7 Å². The molecule has 0 spiro atoms. The average Bonchev–Trinajstić information content (AvgIpc) is 3.43. The molecule has 0 amide bonds. The molecule has 2 atom stereocenters. The van der Waals surface area contributed by atoms with Gasteiger partial charge in [-0.2, -0.15) is 4.98 Å². The number of hydrogen-bond acceptors (Lipinski definition) is 7. The van der Waals surface area contributed by atoms with E-state index in [0.29, 0.717) is 13.0 Å². The van der Waals surface area contributed by atoms with Gasteiger partial charge in [-0.05, 0) is 24.1 Å². The van der Waals surface area contributed by atoms with Crippen LogP contribution in [0.1, 0.15) is 7.79 Å². The third-order valence-corrected chi connectivity index (χ3v) is 6.89. The number of likely N-dealkylation sites (tertiary alicyclic amines) is 1. The van der Waals surface area contributed by atoms with Gasteiger partial charge in [0.15, 0.2) is 11.6 Å². The first-order valence-electron chi connectivity index (χ1n) is 12.5. The number of nitrogens with one attached hydrogen (secondary N) is 1. The number of piperidine rings is 1. The van der Waals surface area contributed by atoms with E-state index in [0.717, 1.165) is 27.7 Å². The Morgan fingerprint density at radius 2 is 2.08 bits per heavy atom. The van der Waals surface area contributed by atoms with E-state index in [-0.39, 0.29) is 59.3 Å². The second-order valence-corrected chi connectivity index (χ2v) is 9.26. The van der Waals surface area contributed by atoms with Crippen LogP contribution in [0.4, 0.5) is 27.9 Å². The zero-order valence-corrected chi connectivity index (χ0v) is 20.2. The molecule has 6 rings (SSSR count). The molecule has 3 aromatic heterocycles. The van der Waals surface area contributed by atoms with Crippen LogP contribution in [0.2, 0.25) is 0 Å². The second kappa shape index (κ2) is 9.66. The first-order chi connectivity index (χ1) is 18.7. The Morgan fingerprint density at radius 3 is 2.76 bits per heavy atom. The van der Waals surface area contributed by atoms with E-state index in [2.05, 4.69) is 20.4 Å². The Kier molecular flexibility index (Phi) is 5.99. The Balaban J connectivity index is 1.33. The van der Waals surface area contributed by atoms with Crippen molar-refractivity contribution in [2.75, 3.05) is 38.7 Å². The molecule has 202 valence electrons. The summed E-state index contributed by atoms with van der Waals surface area (Å²) in [6, 6.07) is 0.859. The molecular weight excluding hydrogens is 513 g/mol. The minimum absolute atomic E-state index is 0.00814. The maximum absolute atomic E-state index is 15.3. The molecule has 2 saturated heterocycles. The van der Waals surface area contributed by atoms with Crippen molar-refractivity contribution in [3.63, 3.8) is 0 Å². The van der Waals surface area contributed by atoms with Crippen LogP contribution in [0.3, 0.4) is 0 Å². The van der Waals surface area contributed by atoms with Gasteiger partial charge in [0.25, 0.3) is 6.43 Å². The molecule has 2 fully saturated rings. The highest BCUT2D eigenvalue weighted by Crippen LogP contribution is 2.36. The van der Waals surface area contributed by atoms with Crippen molar-refractivity contribution in [2.45, 2.75) is 37.6 Å². The highest BCUT2D eigenvalue weighted by Gasteiger charge is 2.36. The SMILES string of the molecule is [2H]C1(N2CC[C@@H](Nc3nc(OC)c4c(-c5cc(F)c6ncn(CC(F)F)c6c5)c(F)cn4n3)[C@@H](F)C2)COC1. The van der Waals surface area contributed by atoms with Crippen LogP contribution >= 0.6 is 0 Å². The highest BCUT2D eigenvalue weighted by molar-refractivity contribution is 5.90. The highest BCUT2D eigenvalue weighted by atomic mass is 19.3. The average molecular weight is 538 g/mol. The van der Waals surface area contributed by atoms with Crippen molar-refractivity contribution in [3.8, 4) is 17.0 Å². The molecule has 0 unspecified atom stereocenters. The lowest BCUT2D eigenvalue weighted by atomic mass is 10.0. The van der Waals surface area contributed by atoms with Crippen LogP contribution in [0.15, 0.2) is 24.7 Å². The van der Waals surface area contributed by atoms with Crippen LogP contribution in [0.25, 0.3) is 27.7 Å². The summed E-state index contributed by atoms with van der Waals surface area (Å²) in [6.45, 7) is 0.291. The van der Waals surface area contributed by atoms with Gasteiger partial charge >= 0.3 is 0 Å². The zero-order chi connectivity index (χ0) is 27.5. The predicted molar refractivity (Wildman–Crippen MR) is 127 cm³/mol. The van der Waals surface area contributed by atoms with Crippen molar-refractivity contribution >= 4 is 22.5 Å². The predicted octanol–water partition coefficient (Wildman–Crippen LogP) is 3.52. The van der Waals surface area contributed by atoms with E-state index in [1.54, 1.807) is 4.90 Å². The molecule has 4 aromatic rings. The van der Waals surface area contributed by atoms with Crippen LogP contribution < -0.4 is 10.1 Å². The molecule has 38 heavy (non-hydrogen) atoms. The zero-order valence-electron chi connectivity index (χ0n) is 21.2. The van der Waals surface area contributed by atoms with Gasteiger partial charge in [0.2, 0.25) is 11.8 Å². The number of aromatic nitrogens is 5. The van der Waals surface area contributed by atoms with Gasteiger partial charge in [0.1, 0.15) is 17.2 Å². The smallest absolute Gasteiger partial charge is 0.256 e. The van der Waals surface area contributed by atoms with Gasteiger partial charge in [-0.3, -0.25) is 4.90 Å². The first kappa shape index (κ1) is 23.6. The summed E-state index contributed by atoms with van der Waals surface area (Å²) in [4.78, 5) is 9.90. The van der Waals surface area contributed by atoms with Crippen LogP contribution in [0, 0.1) is 11.6 Å². The molecule has 2 aliphatic rings. The summed E-state index contributed by atoms with van der Waals surface area (Å²) < 4.78 is 92.3. The molecular formula is C24H24F5N7O2. The van der Waals surface area contributed by atoms with Crippen molar-refractivity contribution < 1.29 is 32.8 Å². The number of rotatable bonds is 7. The Labute approximate surface area is 214 Å². The monoisotopic (exact) mass is 538 g/mol. The normalized spacial score (nSPS) is 22.1. The summed E-state index contributed by atoms with van der Waals surface area (Å²) in [6.07, 6.45) is -1.49. The van der Waals surface area contributed by atoms with Gasteiger partial charge in [-0.1, -0.05) is 0 Å². The van der Waals surface area contributed by atoms with Crippen molar-refractivity contribution in [3.05, 3.63) is 36.3 Å². The molecule has 9 nitrogen and oxygen atoms in total. The summed E-state index contributed by atoms with van der Waals surface area (Å²) in [7, 11) is 1.31. The molecule has 1 aromatic carbocycles. The number of ether oxygens (including phenoxy) is 2. The fourth-order valence-corrected chi connectivity index (χ4v) is 4.96. The number of anilines is 1. The van der Waals surface area contributed by atoms with Crippen LogP contribution in [0.5, 0.6) is 5.88 Å². The minimum atomic E-state index is -2.70. The van der Waals surface area contributed by atoms with E-state index < -0.39 is 42.8 Å². The number of imidazole rings is 1. The molecule has 14 heteroatoms. The van der Waals surface area contributed by atoms with Gasteiger partial charge in [-0.25, -0.2) is 31.5 Å². The van der Waals surface area contributed by atoms with Crippen molar-refractivity contribution in [2.24, 2.45) is 0 Å². The van der Waals surface area contributed by atoms with Gasteiger partial charge < -0.3 is 19.4 Å². The van der Waals surface area contributed by atoms with Crippen LogP contribution in [-0.4, -0.2) is 87.1 Å². The first-order valence-corrected chi connectivity index (χ1v) is 12.0. The van der Waals surface area contributed by atoms with E-state index in [1.807, 2.05) is 0 Å². The maximum Gasteiger partial charge on any atom is 0.256 e. The third kappa shape index (κ3) is 4.30. The second-order valence-electron chi connectivity index (χ2n) is 9.26. The largest absolute Gasteiger partial charge is 0.479 e. The van der Waals surface area contributed by atoms with Gasteiger partial charge in [-0.15, -0.1) is 5.10 Å². The quantitative estimate of drug-likeness (QED) is 0.361. The fourth-order valence-electron chi connectivity index (χ4n) is 4.96. The van der Waals surface area contributed by atoms with E-state index in [1.165, 1.54) is 13.2 Å². The standard InChI is InChI=1S/C24H24F5N7O2/c1-37-23-22-20(12-4-14(25)21-18(5-12)35(11-30-21)8-19(28)29)16(27)7-36(22)33-24(32-23)31-17-2-3-34(6-15(17)26)13-9-38-10-13/h4-5,7,11,13,15,17,19H,2-3,6,8-10H2,1H3,(H,31,33)/t15-,17+/m0/s1/i13D. The summed E-state index contributed by atoms with van der Waals surface area (Å²) in [5.74, 6) is -1.65. The Hall–Kier alpha value is -3.52. The van der Waals surface area contributed by atoms with E-state index in [4.69, 9.17) is 10.8 Å². The number of benzene rings is 1. The van der Waals surface area contributed by atoms with Gasteiger partial charge in [0.05, 0.1) is 63.9 Å². The van der Waals surface area contributed by atoms with Gasteiger partial charge in [0, 0.05) is 13.1 Å². The molecule has 0 bridgehead atoms. The third-order valence-electron chi connectivity index (χ3n) is 6.89. The Morgan fingerprint density at radius 1 is 1.26 bits per heavy atom. The molecule has 0 aliphatic carbocycles. The molecule has 1 N–H and O–H groups in total. The lowest BCUT2D eigenvalue weighted by Crippen LogP contribution is -2.57. The number of alkyl halides is 3. The number of nitrogens with zero attached hydrogens (tertiary/aromatic N) is 6.